The summed E-state index contributed by atoms with van der Waals surface area (Å²) in [5.41, 5.74) is 6.94. The van der Waals surface area contributed by atoms with Crippen LogP contribution in [-0.4, -0.2) is 135 Å². The van der Waals surface area contributed by atoms with Gasteiger partial charge in [0.05, 0.1) is 33.9 Å². The highest BCUT2D eigenvalue weighted by Gasteiger charge is 2.39. The summed E-state index contributed by atoms with van der Waals surface area (Å²) < 4.78 is 30.3. The molecule has 490 valence electrons. The second-order valence-electron chi connectivity index (χ2n) is 32.6. The number of aliphatic hydroxyl groups is 2. The lowest BCUT2D eigenvalue weighted by Crippen LogP contribution is -2.34. The molecule has 16 nitrogen and oxygen atoms in total. The van der Waals surface area contributed by atoms with Crippen molar-refractivity contribution in [1.29, 1.82) is 0 Å². The number of fused-ring (bicyclic) bond motifs is 6. The Bertz CT molecular complexity index is 3200. The summed E-state index contributed by atoms with van der Waals surface area (Å²) >= 11 is 4.07. The number of hydrogen-bond donors (Lipinski definition) is 2. The normalized spacial score (nSPS) is 20.8. The van der Waals surface area contributed by atoms with E-state index in [1.807, 2.05) is 58.1 Å². The van der Waals surface area contributed by atoms with Gasteiger partial charge >= 0.3 is 0 Å². The van der Waals surface area contributed by atoms with Crippen LogP contribution >= 0.6 is 15.9 Å². The Morgan fingerprint density at radius 3 is 1.27 bits per heavy atom. The van der Waals surface area contributed by atoms with Crippen LogP contribution in [0.15, 0.2) is 59.6 Å². The van der Waals surface area contributed by atoms with E-state index in [1.54, 1.807) is 27.7 Å². The summed E-state index contributed by atoms with van der Waals surface area (Å²) in [6.07, 6.45) is 20.4. The van der Waals surface area contributed by atoms with Crippen LogP contribution in [0.3, 0.4) is 0 Å². The Hall–Kier alpha value is -3.75. The largest absolute Gasteiger partial charge is 0.384 e. The van der Waals surface area contributed by atoms with E-state index in [0.717, 1.165) is 135 Å². The Morgan fingerprint density at radius 2 is 0.888 bits per heavy atom. The average molecular weight is 1350 g/mol. The number of pyridine rings is 2. The molecule has 10 rings (SSSR count). The van der Waals surface area contributed by atoms with Crippen LogP contribution in [0.4, 0.5) is 11.6 Å². The van der Waals surface area contributed by atoms with Gasteiger partial charge in [-0.2, -0.15) is 19.2 Å². The second-order valence-corrected chi connectivity index (χ2v) is 55.9. The van der Waals surface area contributed by atoms with Crippen LogP contribution in [0, 0.1) is 23.7 Å². The van der Waals surface area contributed by atoms with Crippen LogP contribution in [-0.2, 0) is 30.1 Å². The Kier molecular flexibility index (Phi) is 22.6. The molecule has 0 saturated heterocycles. The maximum Gasteiger partial charge on any atom is 0.165 e. The van der Waals surface area contributed by atoms with Crippen LogP contribution in [0.25, 0.3) is 33.5 Å². The van der Waals surface area contributed by atoms with Crippen molar-refractivity contribution in [1.82, 2.24) is 39.2 Å². The molecule has 4 fully saturated rings. The third-order valence-corrected chi connectivity index (χ3v) is 26.2. The van der Waals surface area contributed by atoms with Crippen molar-refractivity contribution in [3.8, 4) is 22.3 Å². The number of aromatic nitrogens is 8. The van der Waals surface area contributed by atoms with Gasteiger partial charge in [-0.1, -0.05) is 116 Å². The molecule has 6 atom stereocenters. The quantitative estimate of drug-likeness (QED) is 0.0270. The first-order valence-corrected chi connectivity index (χ1v) is 49.0. The predicted molar refractivity (Wildman–Crippen MR) is 377 cm³/mol. The maximum absolute atomic E-state index is 10.5. The fourth-order valence-electron chi connectivity index (χ4n) is 13.2. The van der Waals surface area contributed by atoms with E-state index >= 15 is 0 Å². The van der Waals surface area contributed by atoms with Crippen LogP contribution in [0.2, 0.25) is 103 Å². The molecule has 4 bridgehead atoms. The monoisotopic (exact) mass is 1350 g/mol. The summed E-state index contributed by atoms with van der Waals surface area (Å²) in [6, 6.07) is 14.5. The number of anilines is 2. The van der Waals surface area contributed by atoms with Gasteiger partial charge in [-0.15, -0.1) is 0 Å². The zero-order valence-electron chi connectivity index (χ0n) is 57.1. The molecule has 21 heteroatoms. The molecule has 0 radical (unpaired) electrons. The lowest BCUT2D eigenvalue weighted by atomic mass is 9.79. The van der Waals surface area contributed by atoms with E-state index < -0.39 is 43.5 Å². The smallest absolute Gasteiger partial charge is 0.165 e. The van der Waals surface area contributed by atoms with Gasteiger partial charge in [0, 0.05) is 117 Å². The Morgan fingerprint density at radius 1 is 0.506 bits per heavy atom. The van der Waals surface area contributed by atoms with E-state index in [9.17, 15) is 10.2 Å². The van der Waals surface area contributed by atoms with Gasteiger partial charge in [0.25, 0.3) is 0 Å². The van der Waals surface area contributed by atoms with Gasteiger partial charge in [-0.25, -0.2) is 9.97 Å². The van der Waals surface area contributed by atoms with Crippen LogP contribution < -0.4 is 9.80 Å². The summed E-state index contributed by atoms with van der Waals surface area (Å²) in [5, 5.41) is 30.7. The fourth-order valence-corrected chi connectivity index (χ4v) is 17.0. The molecule has 89 heavy (non-hydrogen) atoms. The molecular weight excluding hydrogens is 1250 g/mol. The Labute approximate surface area is 545 Å². The molecule has 0 aliphatic heterocycles. The topological polar surface area (TPSA) is 170 Å². The molecular formula is C68H109BrN10O6Si4. The van der Waals surface area contributed by atoms with Crippen molar-refractivity contribution in [2.24, 2.45) is 23.7 Å². The molecule has 2 unspecified atom stereocenters. The lowest BCUT2D eigenvalue weighted by Gasteiger charge is -2.31. The molecule has 4 aliphatic rings. The maximum atomic E-state index is 10.5. The van der Waals surface area contributed by atoms with Crippen molar-refractivity contribution in [2.45, 2.75) is 218 Å². The first-order valence-electron chi connectivity index (χ1n) is 33.4. The number of hydrogen-bond acceptors (Lipinski definition) is 14. The molecule has 6 aromatic heterocycles. The highest BCUT2D eigenvalue weighted by atomic mass is 79.9. The van der Waals surface area contributed by atoms with E-state index in [0.29, 0.717) is 50.1 Å². The van der Waals surface area contributed by atoms with Crippen molar-refractivity contribution < 1.29 is 29.2 Å². The third kappa shape index (κ3) is 19.2. The SMILES string of the molecule is CC(C)(O)c1ccc(-c2cnn3c(N(COCC[Si](C)(C)C)COCC[Si](C)(C)C)c(Br)c(C4C[C@H]5CC[C@@H](C4)C5)nc23)cn1.CC(C)(O)c1ccc(-c2cnn3c(N(COCC[Si](C)(C)C)COCC[Si](C)(C)C)cc(C4C[C@H]5CC[C@@H](C4)C5)nc23)cn1. The van der Waals surface area contributed by atoms with Crippen molar-refractivity contribution in [3.05, 3.63) is 82.4 Å². The molecule has 4 aliphatic carbocycles. The minimum Gasteiger partial charge on any atom is -0.384 e. The van der Waals surface area contributed by atoms with Crippen molar-refractivity contribution in [2.75, 3.05) is 63.2 Å². The van der Waals surface area contributed by atoms with Gasteiger partial charge in [-0.3, -0.25) is 9.97 Å². The fraction of sp³-hybridized carbons (Fsp3) is 0.676. The highest BCUT2D eigenvalue weighted by molar-refractivity contribution is 9.10. The first-order chi connectivity index (χ1) is 41.7. The third-order valence-electron chi connectivity index (χ3n) is 18.6. The van der Waals surface area contributed by atoms with E-state index in [1.165, 1.54) is 64.2 Å². The van der Waals surface area contributed by atoms with Gasteiger partial charge in [-0.05, 0) is 142 Å². The van der Waals surface area contributed by atoms with Crippen LogP contribution in [0.1, 0.15) is 127 Å². The average Bonchev–Trinajstić information content (AvgIpc) is 1.71. The summed E-state index contributed by atoms with van der Waals surface area (Å²) in [7, 11) is -4.89. The van der Waals surface area contributed by atoms with Gasteiger partial charge in [0.2, 0.25) is 0 Å². The molecule has 6 aromatic rings. The number of rotatable bonds is 28. The van der Waals surface area contributed by atoms with Gasteiger partial charge in [0.1, 0.15) is 43.9 Å². The minimum atomic E-state index is -1.23. The zero-order valence-corrected chi connectivity index (χ0v) is 62.7. The zero-order chi connectivity index (χ0) is 64.3. The minimum absolute atomic E-state index is 0.398. The van der Waals surface area contributed by atoms with Gasteiger partial charge < -0.3 is 39.0 Å². The lowest BCUT2D eigenvalue weighted by molar-refractivity contribution is 0.0733. The van der Waals surface area contributed by atoms with Gasteiger partial charge in [0.15, 0.2) is 17.1 Å². The van der Waals surface area contributed by atoms with Crippen LogP contribution in [0.5, 0.6) is 0 Å². The van der Waals surface area contributed by atoms with Crippen molar-refractivity contribution >= 4 is 71.2 Å². The molecule has 0 amide bonds. The second kappa shape index (κ2) is 28.9. The number of nitrogens with zero attached hydrogens (tertiary/aromatic N) is 10. The molecule has 0 spiro atoms. The standard InChI is InChI=1S/C34H54BrN5O3Si2.C34H55N5O3Si2/c1-34(2,41)29-12-11-26(20-36-29)28-21-37-40-32(28)38-31(27-18-24-9-10-25(17-24)19-27)30(35)33(40)39(22-42-13-15-44(3,4)5)23-43-14-16-45(6,7)8;1-34(2,40)31-12-11-27(21-35-31)29-22-36-39-32(20-30(37-33(29)39)28-18-25-9-10-26(17-25)19-28)38(23-41-13-15-43(3,4)5)24-42-14-16-44(6,7)8/h11-12,20-21,24-25,27,41H,9-10,13-19,22-23H2,1-8H3;11-12,20-22,25-26,28,40H,9-10,13-19,23-24H2,1-8H3/t24-,25+,27?;25-,26+,28?. The number of ether oxygens (including phenoxy) is 4. The summed E-state index contributed by atoms with van der Waals surface area (Å²) in [5.74, 6) is 5.95. The molecule has 4 saturated carbocycles. The summed E-state index contributed by atoms with van der Waals surface area (Å²) in [6.45, 7) is 40.3. The molecule has 2 N–H and O–H groups in total. The Balaban J connectivity index is 0.000000211. The first kappa shape index (κ1) is 69.6. The highest BCUT2D eigenvalue weighted by Crippen LogP contribution is 2.51. The van der Waals surface area contributed by atoms with E-state index in [2.05, 4.69) is 120 Å². The predicted octanol–water partition coefficient (Wildman–Crippen LogP) is 16.2. The van der Waals surface area contributed by atoms with E-state index in [-0.39, 0.29) is 0 Å². The van der Waals surface area contributed by atoms with Crippen molar-refractivity contribution in [3.63, 3.8) is 0 Å². The molecule has 6 heterocycles. The van der Waals surface area contributed by atoms with E-state index in [4.69, 9.17) is 39.1 Å². The summed E-state index contributed by atoms with van der Waals surface area (Å²) in [4.78, 5) is 24.3. The number of halogens is 1. The molecule has 0 aromatic carbocycles.